The van der Waals surface area contributed by atoms with E-state index in [1.165, 1.54) is 36.4 Å². The van der Waals surface area contributed by atoms with Crippen LogP contribution in [0.25, 0.3) is 0 Å². The van der Waals surface area contributed by atoms with Crippen LogP contribution in [-0.2, 0) is 11.0 Å². The molecule has 0 aliphatic heterocycles. The smallest absolute Gasteiger partial charge is 0.736 e. The molecule has 0 amide bonds. The van der Waals surface area contributed by atoms with E-state index in [4.69, 9.17) is 9.05 Å². The summed E-state index contributed by atoms with van der Waals surface area (Å²) in [5.74, 6) is -1.95. The average molecular weight is 438 g/mol. The zero-order valence-electron chi connectivity index (χ0n) is 15.9. The fourth-order valence-electron chi connectivity index (χ4n) is 2.58. The van der Waals surface area contributed by atoms with Crippen LogP contribution in [0.4, 0.5) is 0 Å². The molecule has 0 bridgehead atoms. The number of rotatable bonds is 7. The Morgan fingerprint density at radius 2 is 1.37 bits per heavy atom. The molecule has 1 unspecified atom stereocenters. The van der Waals surface area contributed by atoms with Gasteiger partial charge in [-0.1, -0.05) is 30.3 Å². The molecule has 3 N–H and O–H groups in total. The van der Waals surface area contributed by atoms with Crippen LogP contribution in [-0.4, -0.2) is 21.1 Å². The molecular weight excluding hydrogens is 422 g/mol. The van der Waals surface area contributed by atoms with Crippen molar-refractivity contribution in [2.75, 3.05) is 0 Å². The number of aromatic hydroxyl groups is 3. The van der Waals surface area contributed by atoms with Crippen LogP contribution in [0.2, 0.25) is 0 Å². The summed E-state index contributed by atoms with van der Waals surface area (Å²) in [5.41, 5.74) is 0.169. The Morgan fingerprint density at radius 1 is 0.867 bits per heavy atom. The van der Waals surface area contributed by atoms with Gasteiger partial charge < -0.3 is 29.3 Å². The number of phosphoric acid groups is 1. The number of carbonyl (C=O) groups excluding carboxylic acids is 1. The molecule has 0 heterocycles. The van der Waals surface area contributed by atoms with Gasteiger partial charge in [0.25, 0.3) is 0 Å². The van der Waals surface area contributed by atoms with E-state index in [0.29, 0.717) is 5.56 Å². The van der Waals surface area contributed by atoms with Gasteiger partial charge in [-0.2, -0.15) is 0 Å². The largest absolute Gasteiger partial charge is 1.00 e. The molecule has 3 rings (SSSR count). The molecule has 0 aliphatic carbocycles. The van der Waals surface area contributed by atoms with E-state index in [0.717, 1.165) is 12.1 Å². The third-order valence-electron chi connectivity index (χ3n) is 3.83. The van der Waals surface area contributed by atoms with E-state index in [1.54, 1.807) is 18.2 Å². The molecule has 0 fully saturated rings. The van der Waals surface area contributed by atoms with Gasteiger partial charge in [0.15, 0.2) is 5.78 Å². The van der Waals surface area contributed by atoms with Crippen molar-refractivity contribution in [1.82, 2.24) is 0 Å². The van der Waals surface area contributed by atoms with E-state index < -0.39 is 25.1 Å². The van der Waals surface area contributed by atoms with E-state index in [2.05, 4.69) is 0 Å². The van der Waals surface area contributed by atoms with Crippen molar-refractivity contribution in [3.63, 3.8) is 0 Å². The molecule has 30 heavy (non-hydrogen) atoms. The normalized spacial score (nSPS) is 12.3. The summed E-state index contributed by atoms with van der Waals surface area (Å²) in [4.78, 5) is 24.3. The Kier molecular flexibility index (Phi) is 7.95. The molecule has 0 radical (unpaired) electrons. The van der Waals surface area contributed by atoms with Gasteiger partial charge in [-0.05, 0) is 29.8 Å². The van der Waals surface area contributed by atoms with Crippen molar-refractivity contribution < 1.29 is 68.2 Å². The summed E-state index contributed by atoms with van der Waals surface area (Å²) in [6.07, 6.45) is -0.179. The molecule has 10 heteroatoms. The summed E-state index contributed by atoms with van der Waals surface area (Å²) in [5, 5.41) is 28.8. The molecule has 150 valence electrons. The Hall–Kier alpha value is -2.48. The van der Waals surface area contributed by atoms with Gasteiger partial charge in [-0.25, -0.2) is 4.57 Å². The van der Waals surface area contributed by atoms with E-state index in [9.17, 15) is 29.6 Å². The molecule has 0 aromatic heterocycles. The molecule has 3 aromatic carbocycles. The third kappa shape index (κ3) is 6.26. The first kappa shape index (κ1) is 23.8. The second-order valence-electron chi connectivity index (χ2n) is 6.05. The number of hydrogen-bond acceptors (Lipinski definition) is 8. The number of phenolic OH excluding ortho intramolecular Hbond substituents is 3. The van der Waals surface area contributed by atoms with Crippen molar-refractivity contribution in [2.24, 2.45) is 0 Å². The maximum atomic E-state index is 12.3. The molecule has 8 nitrogen and oxygen atoms in total. The third-order valence-corrected chi connectivity index (χ3v) is 4.69. The SMILES string of the molecule is O=C(Cc1ccc(OP(=O)([O-])Oc2ccccc2)cc1)c1c(O)cc(O)cc1O.[Na+]. The zero-order chi connectivity index (χ0) is 21.0. The Balaban J connectivity index is 0.00000320. The van der Waals surface area contributed by atoms with Gasteiger partial charge in [0.1, 0.15) is 34.3 Å². The minimum Gasteiger partial charge on any atom is -0.736 e. The molecule has 1 atom stereocenters. The zero-order valence-corrected chi connectivity index (χ0v) is 18.8. The maximum absolute atomic E-state index is 12.3. The predicted octanol–water partition coefficient (Wildman–Crippen LogP) is 0.159. The van der Waals surface area contributed by atoms with Crippen LogP contribution in [0.5, 0.6) is 28.7 Å². The van der Waals surface area contributed by atoms with Gasteiger partial charge in [0.2, 0.25) is 0 Å². The monoisotopic (exact) mass is 438 g/mol. The average Bonchev–Trinajstić information content (AvgIpc) is 2.62. The summed E-state index contributed by atoms with van der Waals surface area (Å²) in [7, 11) is -4.65. The molecule has 0 spiro atoms. The second kappa shape index (κ2) is 10.0. The van der Waals surface area contributed by atoms with Gasteiger partial charge in [-0.15, -0.1) is 0 Å². The number of ketones is 1. The Labute approximate surface area is 194 Å². The van der Waals surface area contributed by atoms with E-state index in [-0.39, 0.29) is 58.8 Å². The number of benzene rings is 3. The van der Waals surface area contributed by atoms with Crippen LogP contribution >= 0.6 is 7.82 Å². The molecule has 3 aromatic rings. The quantitative estimate of drug-likeness (QED) is 0.270. The minimum absolute atomic E-state index is 0. The van der Waals surface area contributed by atoms with Crippen LogP contribution in [0.3, 0.4) is 0 Å². The van der Waals surface area contributed by atoms with E-state index in [1.807, 2.05) is 0 Å². The topological polar surface area (TPSA) is 136 Å². The van der Waals surface area contributed by atoms with Crippen molar-refractivity contribution in [2.45, 2.75) is 6.42 Å². The van der Waals surface area contributed by atoms with Crippen LogP contribution in [0, 0.1) is 0 Å². The molecule has 0 saturated carbocycles. The summed E-state index contributed by atoms with van der Waals surface area (Å²) in [6.45, 7) is 0. The minimum atomic E-state index is -4.65. The van der Waals surface area contributed by atoms with Crippen molar-refractivity contribution in [3.8, 4) is 28.7 Å². The molecule has 0 aliphatic rings. The Bertz CT molecular complexity index is 1050. The number of carbonyl (C=O) groups is 1. The second-order valence-corrected chi connectivity index (χ2v) is 7.31. The number of para-hydroxylation sites is 1. The van der Waals surface area contributed by atoms with Crippen molar-refractivity contribution >= 4 is 13.6 Å². The number of Topliss-reactive ketones (excluding diaryl/α,β-unsaturated/α-hetero) is 1. The summed E-state index contributed by atoms with van der Waals surface area (Å²) >= 11 is 0. The van der Waals surface area contributed by atoms with Gasteiger partial charge in [0, 0.05) is 18.6 Å². The Morgan fingerprint density at radius 3 is 1.90 bits per heavy atom. The summed E-state index contributed by atoms with van der Waals surface area (Å²) < 4.78 is 21.7. The number of phenols is 3. The van der Waals surface area contributed by atoms with Gasteiger partial charge >= 0.3 is 37.4 Å². The van der Waals surface area contributed by atoms with E-state index >= 15 is 0 Å². The number of phosphoric ester groups is 1. The summed E-state index contributed by atoms with van der Waals surface area (Å²) in [6, 6.07) is 15.4. The predicted molar refractivity (Wildman–Crippen MR) is 101 cm³/mol. The standard InChI is InChI=1S/C20H17O8P.Na/c21-14-11-18(23)20(19(24)12-14)17(22)10-13-6-8-16(9-7-13)28-29(25,26)27-15-4-2-1-3-5-15;/h1-9,11-12,21,23-24H,10H2,(H,25,26);/q;+1/p-1. The fraction of sp³-hybridized carbons (Fsp3) is 0.0500. The molecular formula is C20H16NaO8P. The van der Waals surface area contributed by atoms with Crippen LogP contribution < -0.4 is 43.5 Å². The molecule has 0 saturated heterocycles. The van der Waals surface area contributed by atoms with Gasteiger partial charge in [-0.3, -0.25) is 4.79 Å². The fourth-order valence-corrected chi connectivity index (χ4v) is 3.38. The first-order valence-corrected chi connectivity index (χ1v) is 9.82. The van der Waals surface area contributed by atoms with Crippen molar-refractivity contribution in [1.29, 1.82) is 0 Å². The van der Waals surface area contributed by atoms with Crippen molar-refractivity contribution in [3.05, 3.63) is 77.9 Å². The first-order chi connectivity index (χ1) is 13.7. The van der Waals surface area contributed by atoms with Crippen LogP contribution in [0.1, 0.15) is 15.9 Å². The first-order valence-electron chi connectivity index (χ1n) is 8.36. The van der Waals surface area contributed by atoms with Crippen LogP contribution in [0.15, 0.2) is 66.7 Å². The van der Waals surface area contributed by atoms with Gasteiger partial charge in [0.05, 0.1) is 0 Å². The maximum Gasteiger partial charge on any atom is 1.00 e. The number of hydrogen-bond donors (Lipinski definition) is 3.